The Morgan fingerprint density at radius 3 is 2.59 bits per heavy atom. The fourth-order valence-electron chi connectivity index (χ4n) is 3.74. The molecule has 32 heavy (non-hydrogen) atoms. The third-order valence-corrected chi connectivity index (χ3v) is 5.45. The van der Waals surface area contributed by atoms with Crippen molar-refractivity contribution in [2.45, 2.75) is 32.6 Å². The number of aryl methyl sites for hydroxylation is 1. The highest BCUT2D eigenvalue weighted by molar-refractivity contribution is 5.88. The molecule has 4 rings (SSSR count). The van der Waals surface area contributed by atoms with Gasteiger partial charge in [0.1, 0.15) is 5.75 Å². The molecule has 1 N–H and O–H groups in total. The average molecular weight is 434 g/mol. The molecule has 1 fully saturated rings. The van der Waals surface area contributed by atoms with Gasteiger partial charge in [-0.3, -0.25) is 9.59 Å². The van der Waals surface area contributed by atoms with Crippen molar-refractivity contribution in [1.82, 2.24) is 15.0 Å². The third-order valence-electron chi connectivity index (χ3n) is 5.45. The molecule has 2 amide bonds. The van der Waals surface area contributed by atoms with Gasteiger partial charge in [-0.1, -0.05) is 17.3 Å². The maximum atomic E-state index is 12.5. The minimum absolute atomic E-state index is 0.0181. The monoisotopic (exact) mass is 434 g/mol. The Hall–Kier alpha value is -3.68. The van der Waals surface area contributed by atoms with Crippen molar-refractivity contribution < 1.29 is 18.8 Å². The summed E-state index contributed by atoms with van der Waals surface area (Å²) in [6, 6.07) is 15.0. The Bertz CT molecular complexity index is 1090. The largest absolute Gasteiger partial charge is 0.484 e. The van der Waals surface area contributed by atoms with Gasteiger partial charge in [-0.25, -0.2) is 0 Å². The van der Waals surface area contributed by atoms with Crippen LogP contribution < -0.4 is 10.1 Å². The van der Waals surface area contributed by atoms with Crippen molar-refractivity contribution in [3.05, 3.63) is 60.0 Å². The van der Waals surface area contributed by atoms with Gasteiger partial charge in [0.15, 0.2) is 6.61 Å². The number of benzene rings is 2. The quantitative estimate of drug-likeness (QED) is 0.634. The summed E-state index contributed by atoms with van der Waals surface area (Å²) in [5.41, 5.74) is 2.63. The predicted octanol–water partition coefficient (Wildman–Crippen LogP) is 3.79. The molecule has 2 aromatic carbocycles. The maximum Gasteiger partial charge on any atom is 0.260 e. The second kappa shape index (κ2) is 9.64. The first-order valence-corrected chi connectivity index (χ1v) is 10.7. The molecule has 8 nitrogen and oxygen atoms in total. The summed E-state index contributed by atoms with van der Waals surface area (Å²) in [6.07, 6.45) is 1.53. The van der Waals surface area contributed by atoms with E-state index in [9.17, 15) is 9.59 Å². The number of carbonyl (C=O) groups excluding carboxylic acids is 2. The summed E-state index contributed by atoms with van der Waals surface area (Å²) in [5, 5.41) is 6.83. The lowest BCUT2D eigenvalue weighted by molar-refractivity contribution is -0.134. The molecular weight excluding hydrogens is 408 g/mol. The number of nitrogens with one attached hydrogen (secondary N) is 1. The molecular formula is C24H26N4O4. The number of hydrogen-bond donors (Lipinski definition) is 1. The number of hydrogen-bond acceptors (Lipinski definition) is 6. The zero-order chi connectivity index (χ0) is 22.5. The normalized spacial score (nSPS) is 14.2. The van der Waals surface area contributed by atoms with Crippen molar-refractivity contribution in [2.24, 2.45) is 0 Å². The van der Waals surface area contributed by atoms with Crippen LogP contribution in [0.4, 0.5) is 5.69 Å². The molecule has 0 spiro atoms. The molecule has 0 unspecified atom stereocenters. The smallest absolute Gasteiger partial charge is 0.260 e. The van der Waals surface area contributed by atoms with Crippen LogP contribution in [0, 0.1) is 6.92 Å². The molecule has 1 saturated heterocycles. The van der Waals surface area contributed by atoms with Crippen molar-refractivity contribution in [2.75, 3.05) is 25.0 Å². The molecule has 8 heteroatoms. The second-order valence-corrected chi connectivity index (χ2v) is 7.98. The number of carbonyl (C=O) groups is 2. The van der Waals surface area contributed by atoms with E-state index in [0.717, 1.165) is 24.0 Å². The Labute approximate surface area is 186 Å². The fourth-order valence-corrected chi connectivity index (χ4v) is 3.74. The Morgan fingerprint density at radius 2 is 1.91 bits per heavy atom. The van der Waals surface area contributed by atoms with E-state index < -0.39 is 0 Å². The van der Waals surface area contributed by atoms with Crippen LogP contribution in [0.25, 0.3) is 11.4 Å². The first-order chi connectivity index (χ1) is 15.5. The van der Waals surface area contributed by atoms with Gasteiger partial charge in [-0.05, 0) is 61.7 Å². The molecule has 1 aliphatic rings. The number of aromatic nitrogens is 2. The lowest BCUT2D eigenvalue weighted by atomic mass is 9.97. The number of anilines is 1. The molecule has 0 saturated carbocycles. The van der Waals surface area contributed by atoms with Crippen LogP contribution >= 0.6 is 0 Å². The SMILES string of the molecule is CC(=O)Nc1ccc(-c2noc(C3CCN(C(=O)COc4cccc(C)c4)CC3)n2)cc1. The van der Waals surface area contributed by atoms with Crippen LogP contribution in [0.15, 0.2) is 53.1 Å². The fraction of sp³-hybridized carbons (Fsp3) is 0.333. The number of rotatable bonds is 6. The highest BCUT2D eigenvalue weighted by atomic mass is 16.5. The number of likely N-dealkylation sites (tertiary alicyclic amines) is 1. The lowest BCUT2D eigenvalue weighted by Crippen LogP contribution is -2.40. The first-order valence-electron chi connectivity index (χ1n) is 10.7. The molecule has 0 bridgehead atoms. The molecule has 1 aliphatic heterocycles. The van der Waals surface area contributed by atoms with E-state index in [1.165, 1.54) is 6.92 Å². The van der Waals surface area contributed by atoms with E-state index in [4.69, 9.17) is 9.26 Å². The maximum absolute atomic E-state index is 12.5. The number of ether oxygens (including phenoxy) is 1. The highest BCUT2D eigenvalue weighted by Crippen LogP contribution is 2.29. The van der Waals surface area contributed by atoms with Gasteiger partial charge in [0.25, 0.3) is 5.91 Å². The molecule has 0 radical (unpaired) electrons. The van der Waals surface area contributed by atoms with Crippen LogP contribution in [0.5, 0.6) is 5.75 Å². The molecule has 1 aromatic heterocycles. The van der Waals surface area contributed by atoms with Crippen LogP contribution in [0.2, 0.25) is 0 Å². The van der Waals surface area contributed by atoms with Crippen molar-refractivity contribution in [1.29, 1.82) is 0 Å². The second-order valence-electron chi connectivity index (χ2n) is 7.98. The van der Waals surface area contributed by atoms with Crippen LogP contribution in [-0.4, -0.2) is 46.6 Å². The topological polar surface area (TPSA) is 97.6 Å². The van der Waals surface area contributed by atoms with Crippen molar-refractivity contribution in [3.8, 4) is 17.1 Å². The Kier molecular flexibility index (Phi) is 6.49. The summed E-state index contributed by atoms with van der Waals surface area (Å²) >= 11 is 0. The van der Waals surface area contributed by atoms with Gasteiger partial charge in [-0.2, -0.15) is 4.98 Å². The Morgan fingerprint density at radius 1 is 1.16 bits per heavy atom. The minimum Gasteiger partial charge on any atom is -0.484 e. The van der Waals surface area contributed by atoms with Gasteiger partial charge in [0, 0.05) is 37.2 Å². The summed E-state index contributed by atoms with van der Waals surface area (Å²) in [4.78, 5) is 30.0. The minimum atomic E-state index is -0.119. The van der Waals surface area contributed by atoms with E-state index in [0.29, 0.717) is 36.2 Å². The summed E-state index contributed by atoms with van der Waals surface area (Å²) in [5.74, 6) is 1.79. The Balaban J connectivity index is 1.29. The van der Waals surface area contributed by atoms with E-state index in [2.05, 4.69) is 15.5 Å². The van der Waals surface area contributed by atoms with Crippen LogP contribution in [0.3, 0.4) is 0 Å². The van der Waals surface area contributed by atoms with Gasteiger partial charge < -0.3 is 19.5 Å². The summed E-state index contributed by atoms with van der Waals surface area (Å²) in [7, 11) is 0. The number of amides is 2. The van der Waals surface area contributed by atoms with E-state index >= 15 is 0 Å². The molecule has 0 aliphatic carbocycles. The van der Waals surface area contributed by atoms with E-state index in [1.807, 2.05) is 48.2 Å². The predicted molar refractivity (Wildman–Crippen MR) is 119 cm³/mol. The van der Waals surface area contributed by atoms with E-state index in [-0.39, 0.29) is 24.3 Å². The molecule has 3 aromatic rings. The highest BCUT2D eigenvalue weighted by Gasteiger charge is 2.27. The zero-order valence-electron chi connectivity index (χ0n) is 18.2. The van der Waals surface area contributed by atoms with Crippen molar-refractivity contribution in [3.63, 3.8) is 0 Å². The lowest BCUT2D eigenvalue weighted by Gasteiger charge is -2.30. The summed E-state index contributed by atoms with van der Waals surface area (Å²) in [6.45, 7) is 4.75. The standard InChI is InChI=1S/C24H26N4O4/c1-16-4-3-5-21(14-16)31-15-22(30)28-12-10-19(11-13-28)24-26-23(27-32-24)18-6-8-20(9-7-18)25-17(2)29/h3-9,14,19H,10-13,15H2,1-2H3,(H,25,29). The third kappa shape index (κ3) is 5.32. The molecule has 2 heterocycles. The van der Waals surface area contributed by atoms with Gasteiger partial charge in [0.2, 0.25) is 17.6 Å². The van der Waals surface area contributed by atoms with Gasteiger partial charge in [0.05, 0.1) is 0 Å². The van der Waals surface area contributed by atoms with Gasteiger partial charge in [-0.15, -0.1) is 0 Å². The first kappa shape index (κ1) is 21.5. The molecule has 0 atom stereocenters. The molecule has 166 valence electrons. The van der Waals surface area contributed by atoms with E-state index in [1.54, 1.807) is 12.1 Å². The van der Waals surface area contributed by atoms with Crippen LogP contribution in [-0.2, 0) is 9.59 Å². The number of piperidine rings is 1. The van der Waals surface area contributed by atoms with Crippen molar-refractivity contribution >= 4 is 17.5 Å². The zero-order valence-corrected chi connectivity index (χ0v) is 18.2. The number of nitrogens with zero attached hydrogens (tertiary/aromatic N) is 3. The average Bonchev–Trinajstić information content (AvgIpc) is 3.28. The summed E-state index contributed by atoms with van der Waals surface area (Å²) < 4.78 is 11.1. The van der Waals surface area contributed by atoms with Crippen LogP contribution in [0.1, 0.15) is 37.1 Å². The van der Waals surface area contributed by atoms with Gasteiger partial charge >= 0.3 is 0 Å².